The van der Waals surface area contributed by atoms with Crippen LogP contribution in [-0.2, 0) is 9.47 Å². The molecule has 0 amide bonds. The molecule has 3 heterocycles. The molecular weight excluding hydrogens is 564 g/mol. The maximum Gasteiger partial charge on any atom is 0.197 e. The minimum atomic E-state index is -2.02. The van der Waals surface area contributed by atoms with Crippen LogP contribution in [0.5, 0.6) is 17.2 Å². The zero-order valence-corrected chi connectivity index (χ0v) is 21.6. The molecule has 2 saturated heterocycles. The largest absolute Gasteiger partial charge is 0.508 e. The highest BCUT2D eigenvalue weighted by Gasteiger charge is 2.50. The number of hydrogen-bond acceptors (Lipinski definition) is 15. The number of phenols is 3. The fourth-order valence-corrected chi connectivity index (χ4v) is 5.39. The molecule has 0 bridgehead atoms. The molecule has 2 aromatic carbocycles. The maximum atomic E-state index is 13.5. The lowest BCUT2D eigenvalue weighted by Gasteiger charge is -2.42. The van der Waals surface area contributed by atoms with Crippen LogP contribution >= 0.6 is 0 Å². The van der Waals surface area contributed by atoms with Crippen LogP contribution in [0.15, 0.2) is 39.5 Å². The SMILES string of the molecule is O=c1cc(-c2ccc(O)cc2)oc2c([C@H]3O[C@@H](CO)[C@@H](O)[C@@H](O)[C@@H]3O)c(O)c([C@@H]3O[C@@H](CO)[C@@H](O)[C@@H](O)[C@H]3O)c(O)c12. The summed E-state index contributed by atoms with van der Waals surface area (Å²) in [5, 5.41) is 114. The van der Waals surface area contributed by atoms with Crippen LogP contribution in [0, 0.1) is 0 Å². The van der Waals surface area contributed by atoms with E-state index in [4.69, 9.17) is 13.9 Å². The Kier molecular flexibility index (Phi) is 8.16. The lowest BCUT2D eigenvalue weighted by molar-refractivity contribution is -0.234. The van der Waals surface area contributed by atoms with E-state index in [2.05, 4.69) is 0 Å². The molecule has 0 saturated carbocycles. The fourth-order valence-electron chi connectivity index (χ4n) is 5.39. The number of benzene rings is 2. The van der Waals surface area contributed by atoms with E-state index in [9.17, 15) is 61.0 Å². The lowest BCUT2D eigenvalue weighted by atomic mass is 9.85. The van der Waals surface area contributed by atoms with Crippen LogP contribution in [-0.4, -0.2) is 118 Å². The molecule has 15 heteroatoms. The van der Waals surface area contributed by atoms with Gasteiger partial charge in [0.1, 0.15) is 89.4 Å². The normalized spacial score (nSPS) is 33.6. The van der Waals surface area contributed by atoms with Gasteiger partial charge in [0, 0.05) is 11.6 Å². The standard InChI is InChI=1S/C27H30O15/c28-6-12-17(32)21(36)23(38)26(41-12)15-19(34)14-10(31)5-11(8-1-3-9(30)4-2-8)40-25(14)16(20(15)35)27-24(39)22(37)18(33)13(7-29)42-27/h1-5,12-13,17-18,21-24,26-30,32-39H,6-7H2/t12-,13-,17+,18+,21+,22+,23+,24-,26-,27+/m0/s1. The van der Waals surface area contributed by atoms with Gasteiger partial charge in [-0.1, -0.05) is 0 Å². The van der Waals surface area contributed by atoms with Crippen LogP contribution in [0.2, 0.25) is 0 Å². The molecule has 1 aromatic heterocycles. The topological polar surface area (TPSA) is 271 Å². The van der Waals surface area contributed by atoms with Gasteiger partial charge in [-0.25, -0.2) is 0 Å². The number of rotatable bonds is 5. The lowest BCUT2D eigenvalue weighted by Crippen LogP contribution is -2.55. The summed E-state index contributed by atoms with van der Waals surface area (Å²) in [7, 11) is 0. The van der Waals surface area contributed by atoms with Crippen molar-refractivity contribution in [1.82, 2.24) is 0 Å². The molecule has 2 aliphatic heterocycles. The molecule has 10 atom stereocenters. The highest BCUT2D eigenvalue weighted by atomic mass is 16.6. The molecule has 3 aromatic rings. The second kappa shape index (κ2) is 11.4. The minimum absolute atomic E-state index is 0.0941. The number of fused-ring (bicyclic) bond motifs is 1. The Morgan fingerprint density at radius 1 is 0.643 bits per heavy atom. The van der Waals surface area contributed by atoms with Gasteiger partial charge in [-0.3, -0.25) is 4.79 Å². The van der Waals surface area contributed by atoms with Gasteiger partial charge in [0.05, 0.1) is 24.3 Å². The van der Waals surface area contributed by atoms with E-state index in [0.29, 0.717) is 0 Å². The molecule has 42 heavy (non-hydrogen) atoms. The summed E-state index contributed by atoms with van der Waals surface area (Å²) >= 11 is 0. The predicted octanol–water partition coefficient (Wildman–Crippen LogP) is -2.39. The zero-order chi connectivity index (χ0) is 30.6. The number of ether oxygens (including phenoxy) is 2. The van der Waals surface area contributed by atoms with Gasteiger partial charge in [0.25, 0.3) is 0 Å². The van der Waals surface area contributed by atoms with E-state index in [1.165, 1.54) is 24.3 Å². The van der Waals surface area contributed by atoms with Gasteiger partial charge in [0.15, 0.2) is 11.0 Å². The number of hydrogen-bond donors (Lipinski definition) is 11. The third kappa shape index (κ3) is 4.79. The average Bonchev–Trinajstić information content (AvgIpc) is 2.97. The van der Waals surface area contributed by atoms with E-state index in [0.717, 1.165) is 6.07 Å². The van der Waals surface area contributed by atoms with E-state index in [1.807, 2.05) is 0 Å². The Morgan fingerprint density at radius 3 is 1.64 bits per heavy atom. The third-order valence-corrected chi connectivity index (χ3v) is 7.70. The molecule has 15 nitrogen and oxygen atoms in total. The first-order chi connectivity index (χ1) is 19.9. The predicted molar refractivity (Wildman–Crippen MR) is 138 cm³/mol. The van der Waals surface area contributed by atoms with Crippen molar-refractivity contribution in [2.45, 2.75) is 61.0 Å². The smallest absolute Gasteiger partial charge is 0.197 e. The van der Waals surface area contributed by atoms with Crippen LogP contribution in [0.4, 0.5) is 0 Å². The van der Waals surface area contributed by atoms with E-state index in [1.54, 1.807) is 0 Å². The summed E-state index contributed by atoms with van der Waals surface area (Å²) in [6.07, 6.45) is -18.2. The Hall–Kier alpha value is -3.35. The summed E-state index contributed by atoms with van der Waals surface area (Å²) in [5.41, 5.74) is -2.48. The molecule has 228 valence electrons. The summed E-state index contributed by atoms with van der Waals surface area (Å²) in [6.45, 7) is -1.70. The molecule has 0 radical (unpaired) electrons. The zero-order valence-electron chi connectivity index (χ0n) is 21.6. The highest BCUT2D eigenvalue weighted by Crippen LogP contribution is 2.51. The van der Waals surface area contributed by atoms with Crippen molar-refractivity contribution in [2.24, 2.45) is 0 Å². The van der Waals surface area contributed by atoms with Gasteiger partial charge >= 0.3 is 0 Å². The minimum Gasteiger partial charge on any atom is -0.508 e. The van der Waals surface area contributed by atoms with Gasteiger partial charge in [0.2, 0.25) is 0 Å². The molecule has 11 N–H and O–H groups in total. The monoisotopic (exact) mass is 594 g/mol. The molecule has 2 fully saturated rings. The fraction of sp³-hybridized carbons (Fsp3) is 0.444. The molecule has 0 aliphatic carbocycles. The Balaban J connectivity index is 1.82. The first kappa shape index (κ1) is 30.1. The second-order valence-electron chi connectivity index (χ2n) is 10.2. The molecule has 0 spiro atoms. The second-order valence-corrected chi connectivity index (χ2v) is 10.2. The van der Waals surface area contributed by atoms with Crippen molar-refractivity contribution < 1.29 is 70.1 Å². The van der Waals surface area contributed by atoms with Gasteiger partial charge in [-0.05, 0) is 24.3 Å². The third-order valence-electron chi connectivity index (χ3n) is 7.70. The summed E-state index contributed by atoms with van der Waals surface area (Å²) in [6, 6.07) is 6.37. The van der Waals surface area contributed by atoms with Crippen molar-refractivity contribution in [2.75, 3.05) is 13.2 Å². The van der Waals surface area contributed by atoms with Crippen LogP contribution in [0.25, 0.3) is 22.3 Å². The highest BCUT2D eigenvalue weighted by molar-refractivity contribution is 5.92. The number of aliphatic hydroxyl groups is 8. The molecule has 0 unspecified atom stereocenters. The molecule has 2 aliphatic rings. The Bertz CT molecular complexity index is 1500. The first-order valence-corrected chi connectivity index (χ1v) is 12.9. The van der Waals surface area contributed by atoms with Crippen molar-refractivity contribution in [3.63, 3.8) is 0 Å². The van der Waals surface area contributed by atoms with Crippen LogP contribution in [0.3, 0.4) is 0 Å². The Labute approximate surface area is 235 Å². The quantitative estimate of drug-likeness (QED) is 0.147. The van der Waals surface area contributed by atoms with E-state index in [-0.39, 0.29) is 17.1 Å². The average molecular weight is 595 g/mol. The van der Waals surface area contributed by atoms with Crippen molar-refractivity contribution in [1.29, 1.82) is 0 Å². The maximum absolute atomic E-state index is 13.5. The molecule has 5 rings (SSSR count). The van der Waals surface area contributed by atoms with E-state index < -0.39 is 113 Å². The van der Waals surface area contributed by atoms with Gasteiger partial charge < -0.3 is 70.1 Å². The number of phenolic OH excluding ortho intramolecular Hbond substituents is 3. The van der Waals surface area contributed by atoms with Crippen molar-refractivity contribution in [3.05, 3.63) is 51.7 Å². The first-order valence-electron chi connectivity index (χ1n) is 12.9. The Morgan fingerprint density at radius 2 is 1.14 bits per heavy atom. The summed E-state index contributed by atoms with van der Waals surface area (Å²) in [4.78, 5) is 13.5. The van der Waals surface area contributed by atoms with Crippen molar-refractivity contribution >= 4 is 11.0 Å². The van der Waals surface area contributed by atoms with Gasteiger partial charge in [-0.15, -0.1) is 0 Å². The number of aliphatic hydroxyl groups excluding tert-OH is 8. The summed E-state index contributed by atoms with van der Waals surface area (Å²) < 4.78 is 17.0. The summed E-state index contributed by atoms with van der Waals surface area (Å²) in [5.74, 6) is -2.20. The van der Waals surface area contributed by atoms with Gasteiger partial charge in [-0.2, -0.15) is 0 Å². The van der Waals surface area contributed by atoms with Crippen molar-refractivity contribution in [3.8, 4) is 28.6 Å². The van der Waals surface area contributed by atoms with Crippen LogP contribution < -0.4 is 5.43 Å². The molecular formula is C27H30O15. The van der Waals surface area contributed by atoms with Crippen LogP contribution in [0.1, 0.15) is 23.3 Å². The number of aromatic hydroxyl groups is 3. The van der Waals surface area contributed by atoms with E-state index >= 15 is 0 Å².